The number of carbonyl (C=O) groups excluding carboxylic acids is 1. The van der Waals surface area contributed by atoms with Crippen LogP contribution in [0.5, 0.6) is 0 Å². The average molecular weight is 294 g/mol. The molecule has 0 spiro atoms. The summed E-state index contributed by atoms with van der Waals surface area (Å²) in [5.41, 5.74) is -0.531. The molecule has 0 atom stereocenters. The highest BCUT2D eigenvalue weighted by Gasteiger charge is 2.27. The van der Waals surface area contributed by atoms with Crippen LogP contribution in [0.4, 0.5) is 10.5 Å². The SMILES string of the molecule is CCN(CC(C)(C)O)C(=O)N(CC(=O)O)c1ccccc1. The summed E-state index contributed by atoms with van der Waals surface area (Å²) in [6.45, 7) is 5.08. The van der Waals surface area contributed by atoms with Gasteiger partial charge in [-0.1, -0.05) is 18.2 Å². The van der Waals surface area contributed by atoms with Crippen LogP contribution in [0, 0.1) is 0 Å². The average Bonchev–Trinajstić information content (AvgIpc) is 2.41. The minimum Gasteiger partial charge on any atom is -0.480 e. The molecule has 6 nitrogen and oxygen atoms in total. The Morgan fingerprint density at radius 2 is 1.76 bits per heavy atom. The number of aliphatic hydroxyl groups is 1. The Morgan fingerprint density at radius 3 is 2.19 bits per heavy atom. The van der Waals surface area contributed by atoms with Gasteiger partial charge >= 0.3 is 12.0 Å². The van der Waals surface area contributed by atoms with Crippen molar-refractivity contribution in [3.63, 3.8) is 0 Å². The third kappa shape index (κ3) is 5.43. The molecule has 0 aliphatic rings. The fourth-order valence-electron chi connectivity index (χ4n) is 1.97. The summed E-state index contributed by atoms with van der Waals surface area (Å²) < 4.78 is 0. The van der Waals surface area contributed by atoms with E-state index in [0.29, 0.717) is 12.2 Å². The Kier molecular flexibility index (Phi) is 5.72. The highest BCUT2D eigenvalue weighted by atomic mass is 16.4. The molecule has 1 aromatic carbocycles. The molecule has 0 aliphatic heterocycles. The second-order valence-corrected chi connectivity index (χ2v) is 5.42. The minimum atomic E-state index is -1.09. The molecule has 0 saturated carbocycles. The maximum atomic E-state index is 12.6. The lowest BCUT2D eigenvalue weighted by molar-refractivity contribution is -0.135. The first-order valence-electron chi connectivity index (χ1n) is 6.80. The number of benzene rings is 1. The number of hydrogen-bond donors (Lipinski definition) is 2. The van der Waals surface area contributed by atoms with Crippen LogP contribution in [-0.2, 0) is 4.79 Å². The largest absolute Gasteiger partial charge is 0.480 e. The van der Waals surface area contributed by atoms with Gasteiger partial charge in [0.15, 0.2) is 0 Å². The molecule has 0 saturated heterocycles. The van der Waals surface area contributed by atoms with Crippen LogP contribution in [0.3, 0.4) is 0 Å². The van der Waals surface area contributed by atoms with Gasteiger partial charge in [0.25, 0.3) is 0 Å². The number of carboxylic acid groups (broad SMARTS) is 1. The zero-order valence-corrected chi connectivity index (χ0v) is 12.6. The second-order valence-electron chi connectivity index (χ2n) is 5.42. The van der Waals surface area contributed by atoms with Crippen LogP contribution < -0.4 is 4.90 Å². The van der Waals surface area contributed by atoms with Crippen molar-refractivity contribution in [3.05, 3.63) is 30.3 Å². The zero-order chi connectivity index (χ0) is 16.0. The predicted molar refractivity (Wildman–Crippen MR) is 80.4 cm³/mol. The first-order valence-corrected chi connectivity index (χ1v) is 6.80. The number of carboxylic acids is 1. The van der Waals surface area contributed by atoms with Gasteiger partial charge in [0, 0.05) is 12.2 Å². The molecular formula is C15H22N2O4. The molecule has 6 heteroatoms. The highest BCUT2D eigenvalue weighted by molar-refractivity contribution is 5.96. The molecule has 116 valence electrons. The Hall–Kier alpha value is -2.08. The number of hydrogen-bond acceptors (Lipinski definition) is 3. The molecule has 1 aromatic rings. The fraction of sp³-hybridized carbons (Fsp3) is 0.467. The summed E-state index contributed by atoms with van der Waals surface area (Å²) >= 11 is 0. The summed E-state index contributed by atoms with van der Waals surface area (Å²) in [6, 6.07) is 8.19. The predicted octanol–water partition coefficient (Wildman–Crippen LogP) is 1.79. The van der Waals surface area contributed by atoms with Crippen molar-refractivity contribution in [1.82, 2.24) is 4.90 Å². The van der Waals surface area contributed by atoms with Crippen molar-refractivity contribution >= 4 is 17.7 Å². The Morgan fingerprint density at radius 1 is 1.19 bits per heavy atom. The number of amides is 2. The van der Waals surface area contributed by atoms with E-state index < -0.39 is 24.1 Å². The first kappa shape index (κ1) is 17.0. The van der Waals surface area contributed by atoms with Gasteiger partial charge in [-0.2, -0.15) is 0 Å². The molecule has 0 radical (unpaired) electrons. The summed E-state index contributed by atoms with van der Waals surface area (Å²) in [5.74, 6) is -1.09. The first-order chi connectivity index (χ1) is 9.74. The summed E-state index contributed by atoms with van der Waals surface area (Å²) in [6.07, 6.45) is 0. The fourth-order valence-corrected chi connectivity index (χ4v) is 1.97. The molecule has 2 N–H and O–H groups in total. The van der Waals surface area contributed by atoms with Gasteiger partial charge in [-0.15, -0.1) is 0 Å². The molecule has 0 fully saturated rings. The van der Waals surface area contributed by atoms with E-state index >= 15 is 0 Å². The van der Waals surface area contributed by atoms with E-state index in [-0.39, 0.29) is 6.54 Å². The maximum absolute atomic E-state index is 12.6. The molecule has 0 unspecified atom stereocenters. The van der Waals surface area contributed by atoms with Gasteiger partial charge in [-0.05, 0) is 32.9 Å². The quantitative estimate of drug-likeness (QED) is 0.838. The van der Waals surface area contributed by atoms with Crippen LogP contribution in [0.1, 0.15) is 20.8 Å². The van der Waals surface area contributed by atoms with Gasteiger partial charge < -0.3 is 15.1 Å². The molecular weight excluding hydrogens is 272 g/mol. The monoisotopic (exact) mass is 294 g/mol. The van der Waals surface area contributed by atoms with Crippen molar-refractivity contribution in [3.8, 4) is 0 Å². The third-order valence-electron chi connectivity index (χ3n) is 2.82. The standard InChI is InChI=1S/C15H22N2O4/c1-4-16(11-15(2,3)21)14(20)17(10-13(18)19)12-8-6-5-7-9-12/h5-9,21H,4,10-11H2,1-3H3,(H,18,19). The lowest BCUT2D eigenvalue weighted by Gasteiger charge is -2.32. The molecule has 0 heterocycles. The molecule has 2 amide bonds. The normalized spacial score (nSPS) is 11.0. The van der Waals surface area contributed by atoms with E-state index in [1.807, 2.05) is 0 Å². The van der Waals surface area contributed by atoms with Crippen molar-refractivity contribution in [2.45, 2.75) is 26.4 Å². The number of urea groups is 1. The van der Waals surface area contributed by atoms with Gasteiger partial charge in [0.05, 0.1) is 12.1 Å². The molecule has 0 aliphatic carbocycles. The summed E-state index contributed by atoms with van der Waals surface area (Å²) in [7, 11) is 0. The van der Waals surface area contributed by atoms with Crippen molar-refractivity contribution < 1.29 is 19.8 Å². The van der Waals surface area contributed by atoms with E-state index in [1.165, 1.54) is 9.80 Å². The van der Waals surface area contributed by atoms with Crippen LogP contribution >= 0.6 is 0 Å². The third-order valence-corrected chi connectivity index (χ3v) is 2.82. The number of carbonyl (C=O) groups is 2. The van der Waals surface area contributed by atoms with E-state index in [0.717, 1.165) is 0 Å². The number of aliphatic carboxylic acids is 1. The van der Waals surface area contributed by atoms with Crippen LogP contribution in [0.15, 0.2) is 30.3 Å². The van der Waals surface area contributed by atoms with Crippen molar-refractivity contribution in [2.75, 3.05) is 24.5 Å². The van der Waals surface area contributed by atoms with Gasteiger partial charge in [-0.3, -0.25) is 9.69 Å². The summed E-state index contributed by atoms with van der Waals surface area (Å²) in [5, 5.41) is 18.9. The van der Waals surface area contributed by atoms with E-state index in [1.54, 1.807) is 51.1 Å². The molecule has 0 bridgehead atoms. The smallest absolute Gasteiger partial charge is 0.325 e. The summed E-state index contributed by atoms with van der Waals surface area (Å²) in [4.78, 5) is 26.2. The van der Waals surface area contributed by atoms with E-state index in [9.17, 15) is 14.7 Å². The Labute approximate surface area is 124 Å². The van der Waals surface area contributed by atoms with E-state index in [4.69, 9.17) is 5.11 Å². The maximum Gasteiger partial charge on any atom is 0.325 e. The molecule has 1 rings (SSSR count). The second kappa shape index (κ2) is 7.08. The number of nitrogens with zero attached hydrogens (tertiary/aromatic N) is 2. The van der Waals surface area contributed by atoms with Gasteiger partial charge in [0.2, 0.25) is 0 Å². The van der Waals surface area contributed by atoms with E-state index in [2.05, 4.69) is 0 Å². The lowest BCUT2D eigenvalue weighted by atomic mass is 10.1. The van der Waals surface area contributed by atoms with Crippen LogP contribution in [0.25, 0.3) is 0 Å². The zero-order valence-electron chi connectivity index (χ0n) is 12.6. The highest BCUT2D eigenvalue weighted by Crippen LogP contribution is 2.16. The van der Waals surface area contributed by atoms with Crippen LogP contribution in [0.2, 0.25) is 0 Å². The lowest BCUT2D eigenvalue weighted by Crippen LogP contribution is -2.50. The van der Waals surface area contributed by atoms with Crippen molar-refractivity contribution in [2.24, 2.45) is 0 Å². The van der Waals surface area contributed by atoms with Gasteiger partial charge in [0.1, 0.15) is 6.54 Å². The number of rotatable bonds is 6. The molecule has 21 heavy (non-hydrogen) atoms. The Balaban J connectivity index is 3.02. The minimum absolute atomic E-state index is 0.130. The van der Waals surface area contributed by atoms with Gasteiger partial charge in [-0.25, -0.2) is 4.79 Å². The topological polar surface area (TPSA) is 81.1 Å². The number of anilines is 1. The Bertz CT molecular complexity index is 482. The van der Waals surface area contributed by atoms with Crippen molar-refractivity contribution in [1.29, 1.82) is 0 Å². The number of para-hydroxylation sites is 1. The number of likely N-dealkylation sites (N-methyl/N-ethyl adjacent to an activating group) is 1. The molecule has 0 aromatic heterocycles. The van der Waals surface area contributed by atoms with Crippen LogP contribution in [-0.4, -0.2) is 52.3 Å².